The van der Waals surface area contributed by atoms with Crippen LogP contribution in [0.2, 0.25) is 0 Å². The number of ether oxygens (including phenoxy) is 1. The van der Waals surface area contributed by atoms with Gasteiger partial charge in [-0.15, -0.1) is 23.7 Å². The first kappa shape index (κ1) is 22.7. The monoisotopic (exact) mass is 422 g/mol. The zero-order valence-electron chi connectivity index (χ0n) is 16.6. The molecule has 0 bridgehead atoms. The van der Waals surface area contributed by atoms with Crippen LogP contribution >= 0.6 is 23.7 Å². The molecule has 0 aliphatic carbocycles. The fourth-order valence-corrected chi connectivity index (χ4v) is 4.40. The maximum Gasteiger partial charge on any atom is 0.251 e. The smallest absolute Gasteiger partial charge is 0.251 e. The number of nitrogens with one attached hydrogen (secondary N) is 1. The van der Waals surface area contributed by atoms with E-state index in [1.807, 2.05) is 24.3 Å². The summed E-state index contributed by atoms with van der Waals surface area (Å²) in [6.07, 6.45) is 6.06. The third-order valence-electron chi connectivity index (χ3n) is 4.98. The number of hydrogen-bond acceptors (Lipinski definition) is 4. The predicted molar refractivity (Wildman–Crippen MR) is 119 cm³/mol. The van der Waals surface area contributed by atoms with E-state index in [1.165, 1.54) is 30.6 Å². The molecule has 1 aliphatic rings. The molecule has 1 N–H and O–H groups in total. The molecule has 28 heavy (non-hydrogen) atoms. The summed E-state index contributed by atoms with van der Waals surface area (Å²) in [7, 11) is 0. The number of nitrogens with zero attached hydrogens (tertiary/aromatic N) is 1. The SMILES string of the molecule is CCCOc1cccc(C(=O)NCC(c2cccs2)N2CCCCCC2)c1.Cl. The highest BCUT2D eigenvalue weighted by molar-refractivity contribution is 7.10. The molecule has 1 unspecified atom stereocenters. The molecule has 1 amide bonds. The van der Waals surface area contributed by atoms with E-state index in [2.05, 4.69) is 34.7 Å². The van der Waals surface area contributed by atoms with Crippen molar-refractivity contribution in [2.75, 3.05) is 26.2 Å². The topological polar surface area (TPSA) is 41.6 Å². The number of thiophene rings is 1. The van der Waals surface area contributed by atoms with Crippen LogP contribution in [-0.2, 0) is 0 Å². The summed E-state index contributed by atoms with van der Waals surface area (Å²) in [6, 6.07) is 12.0. The van der Waals surface area contributed by atoms with E-state index in [4.69, 9.17) is 4.74 Å². The number of rotatable bonds is 8. The predicted octanol–water partition coefficient (Wildman–Crippen LogP) is 5.31. The van der Waals surface area contributed by atoms with Crippen LogP contribution in [0, 0.1) is 0 Å². The summed E-state index contributed by atoms with van der Waals surface area (Å²) < 4.78 is 5.65. The lowest BCUT2D eigenvalue weighted by Crippen LogP contribution is -2.38. The van der Waals surface area contributed by atoms with E-state index < -0.39 is 0 Å². The van der Waals surface area contributed by atoms with Crippen molar-refractivity contribution in [2.24, 2.45) is 0 Å². The molecule has 1 atom stereocenters. The van der Waals surface area contributed by atoms with Gasteiger partial charge < -0.3 is 10.1 Å². The van der Waals surface area contributed by atoms with Gasteiger partial charge in [0.25, 0.3) is 5.91 Å². The lowest BCUT2D eigenvalue weighted by molar-refractivity contribution is 0.0933. The van der Waals surface area contributed by atoms with Crippen molar-refractivity contribution in [3.8, 4) is 5.75 Å². The average molecular weight is 423 g/mol. The zero-order chi connectivity index (χ0) is 18.9. The van der Waals surface area contributed by atoms with Crippen LogP contribution in [0.25, 0.3) is 0 Å². The summed E-state index contributed by atoms with van der Waals surface area (Å²) in [4.78, 5) is 16.6. The first-order chi connectivity index (χ1) is 13.3. The Bertz CT molecular complexity index is 700. The number of amides is 1. The van der Waals surface area contributed by atoms with Gasteiger partial charge in [0.15, 0.2) is 0 Å². The van der Waals surface area contributed by atoms with E-state index >= 15 is 0 Å². The van der Waals surface area contributed by atoms with Crippen molar-refractivity contribution < 1.29 is 9.53 Å². The van der Waals surface area contributed by atoms with Gasteiger partial charge in [-0.3, -0.25) is 9.69 Å². The van der Waals surface area contributed by atoms with Crippen LogP contribution < -0.4 is 10.1 Å². The first-order valence-corrected chi connectivity index (χ1v) is 10.9. The van der Waals surface area contributed by atoms with Gasteiger partial charge in [0.2, 0.25) is 0 Å². The van der Waals surface area contributed by atoms with Crippen molar-refractivity contribution in [2.45, 2.75) is 45.1 Å². The van der Waals surface area contributed by atoms with Crippen LogP contribution in [0.3, 0.4) is 0 Å². The Kier molecular flexibility index (Phi) is 9.82. The molecule has 0 saturated carbocycles. The fraction of sp³-hybridized carbons (Fsp3) is 0.500. The average Bonchev–Trinajstić information content (AvgIpc) is 3.09. The lowest BCUT2D eigenvalue weighted by atomic mass is 10.1. The molecule has 1 aromatic heterocycles. The van der Waals surface area contributed by atoms with Gasteiger partial charge in [0, 0.05) is 17.0 Å². The highest BCUT2D eigenvalue weighted by Crippen LogP contribution is 2.27. The second kappa shape index (κ2) is 12.1. The van der Waals surface area contributed by atoms with Crippen molar-refractivity contribution in [1.29, 1.82) is 0 Å². The number of likely N-dealkylation sites (tertiary alicyclic amines) is 1. The standard InChI is InChI=1S/C22H30N2O2S.ClH/c1-2-14-26-19-10-7-9-18(16-19)22(25)23-17-20(21-11-8-15-27-21)24-12-5-3-4-6-13-24;/h7-11,15-16,20H,2-6,12-14,17H2,1H3,(H,23,25);1H. The largest absolute Gasteiger partial charge is 0.494 e. The Morgan fingerprint density at radius 3 is 2.64 bits per heavy atom. The quantitative estimate of drug-likeness (QED) is 0.627. The molecule has 4 nitrogen and oxygen atoms in total. The van der Waals surface area contributed by atoms with Crippen LogP contribution in [-0.4, -0.2) is 37.0 Å². The Morgan fingerprint density at radius 1 is 1.18 bits per heavy atom. The van der Waals surface area contributed by atoms with Crippen LogP contribution in [0.5, 0.6) is 5.75 Å². The van der Waals surface area contributed by atoms with Gasteiger partial charge >= 0.3 is 0 Å². The van der Waals surface area contributed by atoms with Crippen LogP contribution in [0.15, 0.2) is 41.8 Å². The maximum absolute atomic E-state index is 12.7. The number of benzene rings is 1. The third kappa shape index (κ3) is 6.50. The molecular formula is C22H31ClN2O2S. The Labute approximate surface area is 178 Å². The summed E-state index contributed by atoms with van der Waals surface area (Å²) in [6.45, 7) is 5.60. The molecule has 1 saturated heterocycles. The molecule has 6 heteroatoms. The molecule has 1 aromatic carbocycles. The number of carbonyl (C=O) groups is 1. The van der Waals surface area contributed by atoms with Gasteiger partial charge in [-0.25, -0.2) is 0 Å². The van der Waals surface area contributed by atoms with Gasteiger partial charge in [-0.2, -0.15) is 0 Å². The minimum Gasteiger partial charge on any atom is -0.494 e. The van der Waals surface area contributed by atoms with Crippen molar-refractivity contribution in [3.05, 3.63) is 52.2 Å². The molecular weight excluding hydrogens is 392 g/mol. The van der Waals surface area contributed by atoms with Crippen molar-refractivity contribution in [3.63, 3.8) is 0 Å². The van der Waals surface area contributed by atoms with Crippen molar-refractivity contribution >= 4 is 29.7 Å². The molecule has 3 rings (SSSR count). The van der Waals surface area contributed by atoms with E-state index in [9.17, 15) is 4.79 Å². The van der Waals surface area contributed by atoms with E-state index in [-0.39, 0.29) is 24.4 Å². The number of carbonyl (C=O) groups excluding carboxylic acids is 1. The van der Waals surface area contributed by atoms with E-state index in [0.717, 1.165) is 25.3 Å². The van der Waals surface area contributed by atoms with E-state index in [1.54, 1.807) is 11.3 Å². The van der Waals surface area contributed by atoms with Crippen LogP contribution in [0.1, 0.15) is 60.3 Å². The molecule has 1 aliphatic heterocycles. The van der Waals surface area contributed by atoms with Crippen molar-refractivity contribution in [1.82, 2.24) is 10.2 Å². The summed E-state index contributed by atoms with van der Waals surface area (Å²) >= 11 is 1.78. The second-order valence-electron chi connectivity index (χ2n) is 7.07. The third-order valence-corrected chi connectivity index (χ3v) is 5.95. The molecule has 1 fully saturated rings. The Balaban J connectivity index is 0.00000280. The van der Waals surface area contributed by atoms with Gasteiger partial charge in [0.1, 0.15) is 5.75 Å². The Hall–Kier alpha value is -1.56. The normalized spacial score (nSPS) is 15.9. The van der Waals surface area contributed by atoms with Gasteiger partial charge in [0.05, 0.1) is 12.6 Å². The van der Waals surface area contributed by atoms with Crippen LogP contribution in [0.4, 0.5) is 0 Å². The zero-order valence-corrected chi connectivity index (χ0v) is 18.2. The molecule has 154 valence electrons. The molecule has 2 heterocycles. The van der Waals surface area contributed by atoms with Gasteiger partial charge in [-0.1, -0.05) is 31.9 Å². The maximum atomic E-state index is 12.7. The Morgan fingerprint density at radius 2 is 1.96 bits per heavy atom. The number of halogens is 1. The summed E-state index contributed by atoms with van der Waals surface area (Å²) in [5.41, 5.74) is 0.657. The minimum absolute atomic E-state index is 0. The second-order valence-corrected chi connectivity index (χ2v) is 8.05. The fourth-order valence-electron chi connectivity index (χ4n) is 3.54. The van der Waals surface area contributed by atoms with Gasteiger partial charge in [-0.05, 0) is 62.0 Å². The summed E-state index contributed by atoms with van der Waals surface area (Å²) in [5.74, 6) is 0.722. The highest BCUT2D eigenvalue weighted by atomic mass is 35.5. The van der Waals surface area contributed by atoms with E-state index in [0.29, 0.717) is 18.7 Å². The lowest BCUT2D eigenvalue weighted by Gasteiger charge is -2.30. The molecule has 0 radical (unpaired) electrons. The summed E-state index contributed by atoms with van der Waals surface area (Å²) in [5, 5.41) is 5.28. The molecule has 2 aromatic rings. The first-order valence-electron chi connectivity index (χ1n) is 10.1. The highest BCUT2D eigenvalue weighted by Gasteiger charge is 2.23. The molecule has 0 spiro atoms. The minimum atomic E-state index is -0.0340. The number of hydrogen-bond donors (Lipinski definition) is 1.